The number of halogens is 2. The van der Waals surface area contributed by atoms with Crippen molar-refractivity contribution in [1.29, 1.82) is 0 Å². The van der Waals surface area contributed by atoms with Gasteiger partial charge in [-0.2, -0.15) is 0 Å². The molecular formula is C9H11Cl2N3. The second-order valence-corrected chi connectivity index (χ2v) is 3.24. The van der Waals surface area contributed by atoms with Crippen molar-refractivity contribution in [2.45, 2.75) is 13.5 Å². The van der Waals surface area contributed by atoms with Crippen LogP contribution >= 0.6 is 11.6 Å². The molecule has 0 saturated carbocycles. The molecule has 0 unspecified atom stereocenters. The predicted octanol–water partition coefficient (Wildman–Crippen LogP) is -0.905. The van der Waals surface area contributed by atoms with Gasteiger partial charge >= 0.3 is 1.43 Å². The SMILES string of the molecule is Cc1nc2cnccc2n1CCCl.[Cl-].[H+]. The summed E-state index contributed by atoms with van der Waals surface area (Å²) in [5.74, 6) is 1.60. The summed E-state index contributed by atoms with van der Waals surface area (Å²) >= 11 is 5.70. The summed E-state index contributed by atoms with van der Waals surface area (Å²) in [5, 5.41) is 0. The van der Waals surface area contributed by atoms with Gasteiger partial charge in [0.1, 0.15) is 11.3 Å². The average molecular weight is 232 g/mol. The fourth-order valence-electron chi connectivity index (χ4n) is 1.47. The Labute approximate surface area is 95.0 Å². The predicted molar refractivity (Wildman–Crippen MR) is 54.1 cm³/mol. The van der Waals surface area contributed by atoms with E-state index >= 15 is 0 Å². The highest BCUT2D eigenvalue weighted by molar-refractivity contribution is 6.17. The second-order valence-electron chi connectivity index (χ2n) is 2.86. The molecule has 3 nitrogen and oxygen atoms in total. The lowest BCUT2D eigenvalue weighted by molar-refractivity contribution is -0.00000282. The third kappa shape index (κ3) is 1.83. The average Bonchev–Trinajstić information content (AvgIpc) is 2.44. The maximum Gasteiger partial charge on any atom is 1.00 e. The van der Waals surface area contributed by atoms with E-state index in [1.54, 1.807) is 12.4 Å². The van der Waals surface area contributed by atoms with Crippen LogP contribution in [0.2, 0.25) is 0 Å². The van der Waals surface area contributed by atoms with Gasteiger partial charge in [0, 0.05) is 18.6 Å². The molecule has 2 aromatic heterocycles. The number of aryl methyl sites for hydroxylation is 2. The third-order valence-corrected chi connectivity index (χ3v) is 2.22. The van der Waals surface area contributed by atoms with Crippen LogP contribution < -0.4 is 12.4 Å². The Bertz CT molecular complexity index is 430. The summed E-state index contributed by atoms with van der Waals surface area (Å²) in [6, 6.07) is 1.96. The first-order chi connectivity index (χ1) is 6.33. The van der Waals surface area contributed by atoms with Crippen molar-refractivity contribution in [2.75, 3.05) is 5.88 Å². The van der Waals surface area contributed by atoms with Crippen molar-refractivity contribution in [3.63, 3.8) is 0 Å². The molecular weight excluding hydrogens is 221 g/mol. The van der Waals surface area contributed by atoms with Crippen LogP contribution in [0.25, 0.3) is 11.0 Å². The van der Waals surface area contributed by atoms with Crippen LogP contribution in [-0.4, -0.2) is 20.4 Å². The van der Waals surface area contributed by atoms with Gasteiger partial charge in [0.05, 0.1) is 11.7 Å². The molecule has 0 aliphatic heterocycles. The molecule has 0 fully saturated rings. The lowest BCUT2D eigenvalue weighted by Crippen LogP contribution is -3.00. The molecule has 0 aromatic carbocycles. The van der Waals surface area contributed by atoms with Crippen LogP contribution in [0.1, 0.15) is 7.25 Å². The highest BCUT2D eigenvalue weighted by Gasteiger charge is 2.05. The van der Waals surface area contributed by atoms with Crippen molar-refractivity contribution >= 4 is 22.6 Å². The Morgan fingerprint density at radius 1 is 1.57 bits per heavy atom. The monoisotopic (exact) mass is 231 g/mol. The summed E-state index contributed by atoms with van der Waals surface area (Å²) in [7, 11) is 0. The fraction of sp³-hybridized carbons (Fsp3) is 0.333. The Hall–Kier alpha value is -0.800. The lowest BCUT2D eigenvalue weighted by Gasteiger charge is -2.02. The summed E-state index contributed by atoms with van der Waals surface area (Å²) in [6.07, 6.45) is 3.54. The van der Waals surface area contributed by atoms with Crippen LogP contribution in [0.4, 0.5) is 0 Å². The van der Waals surface area contributed by atoms with Gasteiger partial charge in [0.2, 0.25) is 0 Å². The first kappa shape index (κ1) is 11.3. The van der Waals surface area contributed by atoms with E-state index in [0.29, 0.717) is 5.88 Å². The van der Waals surface area contributed by atoms with E-state index in [1.165, 1.54) is 0 Å². The lowest BCUT2D eigenvalue weighted by atomic mass is 10.4. The molecule has 5 heteroatoms. The van der Waals surface area contributed by atoms with Gasteiger partial charge in [0.25, 0.3) is 0 Å². The number of nitrogens with zero attached hydrogens (tertiary/aromatic N) is 3. The van der Waals surface area contributed by atoms with Crippen LogP contribution in [-0.2, 0) is 6.54 Å². The quantitative estimate of drug-likeness (QED) is 0.628. The number of imidazole rings is 1. The fourth-order valence-corrected chi connectivity index (χ4v) is 1.64. The maximum atomic E-state index is 5.70. The van der Waals surface area contributed by atoms with Crippen molar-refractivity contribution in [2.24, 2.45) is 0 Å². The number of hydrogen-bond donors (Lipinski definition) is 0. The molecule has 2 aromatic rings. The molecule has 0 aliphatic rings. The van der Waals surface area contributed by atoms with E-state index in [-0.39, 0.29) is 13.8 Å². The van der Waals surface area contributed by atoms with Gasteiger partial charge in [-0.3, -0.25) is 4.98 Å². The molecule has 0 atom stereocenters. The zero-order valence-electron chi connectivity index (χ0n) is 8.74. The Morgan fingerprint density at radius 2 is 2.36 bits per heavy atom. The van der Waals surface area contributed by atoms with Crippen LogP contribution in [0.15, 0.2) is 18.5 Å². The minimum absolute atomic E-state index is 0. The summed E-state index contributed by atoms with van der Waals surface area (Å²) in [6.45, 7) is 2.78. The Balaban J connectivity index is 0.000000980. The van der Waals surface area contributed by atoms with Crippen LogP contribution in [0.5, 0.6) is 0 Å². The smallest absolute Gasteiger partial charge is 1.00 e. The molecule has 0 amide bonds. The topological polar surface area (TPSA) is 30.7 Å². The molecule has 0 spiro atoms. The number of alkyl halides is 1. The summed E-state index contributed by atoms with van der Waals surface area (Å²) in [5.41, 5.74) is 2.04. The number of pyridine rings is 1. The third-order valence-electron chi connectivity index (χ3n) is 2.05. The van der Waals surface area contributed by atoms with Gasteiger partial charge in [-0.1, -0.05) is 0 Å². The van der Waals surface area contributed by atoms with Crippen LogP contribution in [0, 0.1) is 6.92 Å². The highest BCUT2D eigenvalue weighted by Crippen LogP contribution is 2.13. The Kier molecular flexibility index (Phi) is 3.72. The molecule has 0 N–H and O–H groups in total. The molecule has 76 valence electrons. The molecule has 2 rings (SSSR count). The first-order valence-electron chi connectivity index (χ1n) is 4.15. The van der Waals surface area contributed by atoms with Gasteiger partial charge in [-0.05, 0) is 13.0 Å². The maximum absolute atomic E-state index is 5.70. The Morgan fingerprint density at radius 3 is 3.07 bits per heavy atom. The minimum atomic E-state index is 0. The van der Waals surface area contributed by atoms with E-state index in [1.807, 2.05) is 13.0 Å². The van der Waals surface area contributed by atoms with E-state index in [2.05, 4.69) is 14.5 Å². The van der Waals surface area contributed by atoms with Crippen molar-refractivity contribution in [1.82, 2.24) is 14.5 Å². The van der Waals surface area contributed by atoms with Gasteiger partial charge < -0.3 is 17.0 Å². The van der Waals surface area contributed by atoms with Crippen molar-refractivity contribution in [3.8, 4) is 0 Å². The minimum Gasteiger partial charge on any atom is -1.00 e. The highest BCUT2D eigenvalue weighted by atomic mass is 35.5. The zero-order chi connectivity index (χ0) is 9.26. The van der Waals surface area contributed by atoms with E-state index in [0.717, 1.165) is 23.4 Å². The molecule has 0 radical (unpaired) electrons. The zero-order valence-corrected chi connectivity index (χ0v) is 9.26. The van der Waals surface area contributed by atoms with Crippen molar-refractivity contribution in [3.05, 3.63) is 24.3 Å². The van der Waals surface area contributed by atoms with Gasteiger partial charge in [0.15, 0.2) is 0 Å². The van der Waals surface area contributed by atoms with E-state index in [9.17, 15) is 0 Å². The second kappa shape index (κ2) is 4.62. The molecule has 0 aliphatic carbocycles. The molecule has 14 heavy (non-hydrogen) atoms. The molecule has 0 bridgehead atoms. The van der Waals surface area contributed by atoms with E-state index < -0.39 is 0 Å². The van der Waals surface area contributed by atoms with E-state index in [4.69, 9.17) is 11.6 Å². The number of aromatic nitrogens is 3. The molecule has 0 saturated heterocycles. The largest absolute Gasteiger partial charge is 1.00 e. The summed E-state index contributed by atoms with van der Waals surface area (Å²) < 4.78 is 2.10. The normalized spacial score (nSPS) is 10.1. The standard InChI is InChI=1S/C9H10ClN3.ClH/c1-7-12-8-6-11-4-2-9(8)13(7)5-3-10;/h2,4,6H,3,5H2,1H3;1H. The van der Waals surface area contributed by atoms with Crippen LogP contribution in [0.3, 0.4) is 0 Å². The van der Waals surface area contributed by atoms with Gasteiger partial charge in [-0.25, -0.2) is 4.98 Å². The number of rotatable bonds is 2. The summed E-state index contributed by atoms with van der Waals surface area (Å²) in [4.78, 5) is 8.39. The van der Waals surface area contributed by atoms with Gasteiger partial charge in [-0.15, -0.1) is 11.6 Å². The van der Waals surface area contributed by atoms with Crippen molar-refractivity contribution < 1.29 is 13.8 Å². The first-order valence-corrected chi connectivity index (χ1v) is 4.69. The number of fused-ring (bicyclic) bond motifs is 1. The number of hydrogen-bond acceptors (Lipinski definition) is 2. The molecule has 2 heterocycles.